The Morgan fingerprint density at radius 2 is 1.89 bits per heavy atom. The Hall–Kier alpha value is -2.51. The van der Waals surface area contributed by atoms with Crippen molar-refractivity contribution in [3.05, 3.63) is 57.0 Å². The number of ketones is 1. The van der Waals surface area contributed by atoms with Gasteiger partial charge in [0.2, 0.25) is 11.6 Å². The van der Waals surface area contributed by atoms with Crippen LogP contribution in [0.2, 0.25) is 10.0 Å². The van der Waals surface area contributed by atoms with Gasteiger partial charge in [0, 0.05) is 19.1 Å². The Kier molecular flexibility index (Phi) is 6.18. The van der Waals surface area contributed by atoms with Crippen molar-refractivity contribution >= 4 is 34.9 Å². The molecule has 2 rings (SSSR count). The first kappa shape index (κ1) is 20.8. The average molecular weight is 413 g/mol. The molecular weight excluding hydrogens is 395 g/mol. The monoisotopic (exact) mass is 412 g/mol. The van der Waals surface area contributed by atoms with Crippen molar-refractivity contribution in [2.75, 3.05) is 0 Å². The molecule has 1 aromatic carbocycles. The number of ether oxygens (including phenoxy) is 1. The van der Waals surface area contributed by atoms with E-state index in [1.165, 1.54) is 25.1 Å². The Morgan fingerprint density at radius 1 is 1.26 bits per heavy atom. The van der Waals surface area contributed by atoms with Gasteiger partial charge in [0.05, 0.1) is 15.6 Å². The molecule has 0 spiro atoms. The van der Waals surface area contributed by atoms with Crippen LogP contribution >= 0.6 is 23.2 Å². The van der Waals surface area contributed by atoms with Crippen LogP contribution in [0.1, 0.15) is 43.7 Å². The molecule has 0 bridgehead atoms. The molecule has 0 saturated heterocycles. The number of halogens is 2. The molecule has 0 aliphatic rings. The smallest absolute Gasteiger partial charge is 0.308 e. The van der Waals surface area contributed by atoms with Crippen LogP contribution < -0.4 is 9.47 Å². The topological polar surface area (TPSA) is 95.1 Å². The van der Waals surface area contributed by atoms with Gasteiger partial charge in [-0.1, -0.05) is 28.4 Å². The van der Waals surface area contributed by atoms with E-state index in [1.54, 1.807) is 20.8 Å². The molecule has 0 aliphatic heterocycles. The molecule has 27 heavy (non-hydrogen) atoms. The first-order valence-electron chi connectivity index (χ1n) is 7.85. The molecule has 1 aromatic heterocycles. The SMILES string of the molecule is C/C(=N/OC(C)(C)C)Oc1ccc[n+]([O-])c1C(=O)c1cc(Cl)c(Cl)cc1O. The van der Waals surface area contributed by atoms with Gasteiger partial charge in [-0.25, -0.2) is 0 Å². The molecule has 0 unspecified atom stereocenters. The van der Waals surface area contributed by atoms with Gasteiger partial charge in [-0.2, -0.15) is 4.73 Å². The van der Waals surface area contributed by atoms with Gasteiger partial charge >= 0.3 is 5.69 Å². The summed E-state index contributed by atoms with van der Waals surface area (Å²) in [6.07, 6.45) is 1.13. The third-order valence-electron chi connectivity index (χ3n) is 3.13. The predicted molar refractivity (Wildman–Crippen MR) is 102 cm³/mol. The maximum Gasteiger partial charge on any atom is 0.308 e. The maximum absolute atomic E-state index is 12.8. The molecule has 144 valence electrons. The van der Waals surface area contributed by atoms with Gasteiger partial charge in [-0.05, 0) is 32.9 Å². The number of rotatable bonds is 4. The summed E-state index contributed by atoms with van der Waals surface area (Å²) in [5.74, 6) is -1.17. The van der Waals surface area contributed by atoms with Gasteiger partial charge in [0.25, 0.3) is 5.78 Å². The quantitative estimate of drug-likeness (QED) is 0.203. The maximum atomic E-state index is 12.8. The molecule has 0 fully saturated rings. The van der Waals surface area contributed by atoms with E-state index in [-0.39, 0.29) is 32.9 Å². The zero-order valence-corrected chi connectivity index (χ0v) is 16.6. The lowest BCUT2D eigenvalue weighted by molar-refractivity contribution is -0.607. The van der Waals surface area contributed by atoms with Crippen LogP contribution in [0.5, 0.6) is 11.5 Å². The van der Waals surface area contributed by atoms with Crippen molar-refractivity contribution in [2.45, 2.75) is 33.3 Å². The van der Waals surface area contributed by atoms with E-state index in [0.29, 0.717) is 4.73 Å². The third-order valence-corrected chi connectivity index (χ3v) is 3.85. The van der Waals surface area contributed by atoms with E-state index in [4.69, 9.17) is 32.8 Å². The summed E-state index contributed by atoms with van der Waals surface area (Å²) >= 11 is 11.7. The number of hydrogen-bond donors (Lipinski definition) is 1. The molecule has 0 saturated carbocycles. The number of benzene rings is 1. The van der Waals surface area contributed by atoms with E-state index in [1.807, 2.05) is 0 Å². The van der Waals surface area contributed by atoms with Crippen molar-refractivity contribution in [3.8, 4) is 11.5 Å². The van der Waals surface area contributed by atoms with Gasteiger partial charge in [0.1, 0.15) is 11.4 Å². The first-order chi connectivity index (χ1) is 12.5. The zero-order chi connectivity index (χ0) is 20.4. The van der Waals surface area contributed by atoms with Crippen LogP contribution in [0, 0.1) is 5.21 Å². The first-order valence-corrected chi connectivity index (χ1v) is 8.60. The van der Waals surface area contributed by atoms with Crippen molar-refractivity contribution in [2.24, 2.45) is 5.16 Å². The highest BCUT2D eigenvalue weighted by molar-refractivity contribution is 6.42. The Morgan fingerprint density at radius 3 is 2.52 bits per heavy atom. The molecule has 1 heterocycles. The summed E-state index contributed by atoms with van der Waals surface area (Å²) in [6, 6.07) is 5.14. The van der Waals surface area contributed by atoms with E-state index in [2.05, 4.69) is 5.16 Å². The molecule has 0 radical (unpaired) electrons. The molecule has 0 atom stereocenters. The zero-order valence-electron chi connectivity index (χ0n) is 15.1. The number of phenolic OH excluding ortho intramolecular Hbond substituents is 1. The second kappa shape index (κ2) is 8.02. The Labute approximate surface area is 166 Å². The van der Waals surface area contributed by atoms with Crippen LogP contribution in [0.25, 0.3) is 0 Å². The van der Waals surface area contributed by atoms with Crippen LogP contribution in [0.3, 0.4) is 0 Å². The minimum Gasteiger partial charge on any atom is -0.618 e. The summed E-state index contributed by atoms with van der Waals surface area (Å²) in [5.41, 5.74) is -1.08. The average Bonchev–Trinajstić information content (AvgIpc) is 2.55. The molecule has 0 amide bonds. The summed E-state index contributed by atoms with van der Waals surface area (Å²) in [4.78, 5) is 18.1. The van der Waals surface area contributed by atoms with Crippen molar-refractivity contribution in [1.82, 2.24) is 0 Å². The van der Waals surface area contributed by atoms with E-state index < -0.39 is 17.1 Å². The summed E-state index contributed by atoms with van der Waals surface area (Å²) in [5, 5.41) is 26.2. The van der Waals surface area contributed by atoms with Crippen LogP contribution in [-0.2, 0) is 4.84 Å². The highest BCUT2D eigenvalue weighted by Gasteiger charge is 2.28. The highest BCUT2D eigenvalue weighted by atomic mass is 35.5. The van der Waals surface area contributed by atoms with Gasteiger partial charge in [-0.3, -0.25) is 4.79 Å². The number of aromatic hydroxyl groups is 1. The number of carbonyl (C=O) groups is 1. The van der Waals surface area contributed by atoms with Crippen molar-refractivity contribution < 1.29 is 24.2 Å². The molecule has 0 aliphatic carbocycles. The Balaban J connectivity index is 2.44. The normalized spacial score (nSPS) is 12.0. The number of hydrogen-bond acceptors (Lipinski definition) is 6. The van der Waals surface area contributed by atoms with Gasteiger partial charge < -0.3 is 19.9 Å². The minimum atomic E-state index is -0.791. The number of phenols is 1. The number of carbonyl (C=O) groups excluding carboxylic acids is 1. The lowest BCUT2D eigenvalue weighted by atomic mass is 10.1. The third kappa shape index (κ3) is 5.24. The van der Waals surface area contributed by atoms with Crippen molar-refractivity contribution in [3.63, 3.8) is 0 Å². The summed E-state index contributed by atoms with van der Waals surface area (Å²) in [6.45, 7) is 6.93. The Bertz CT molecular complexity index is 907. The fourth-order valence-electron chi connectivity index (χ4n) is 1.99. The largest absolute Gasteiger partial charge is 0.618 e. The number of nitrogens with zero attached hydrogens (tertiary/aromatic N) is 2. The second-order valence-electron chi connectivity index (χ2n) is 6.58. The van der Waals surface area contributed by atoms with Crippen LogP contribution in [0.4, 0.5) is 0 Å². The molecule has 9 heteroatoms. The number of pyridine rings is 1. The molecule has 7 nitrogen and oxygen atoms in total. The molecule has 2 aromatic rings. The van der Waals surface area contributed by atoms with Gasteiger partial charge in [0.15, 0.2) is 6.20 Å². The van der Waals surface area contributed by atoms with Crippen LogP contribution in [0.15, 0.2) is 35.6 Å². The minimum absolute atomic E-state index is 0.0540. The molecule has 1 N–H and O–H groups in total. The van der Waals surface area contributed by atoms with E-state index in [0.717, 1.165) is 12.3 Å². The lowest BCUT2D eigenvalue weighted by Gasteiger charge is -2.16. The number of oxime groups is 1. The fraction of sp³-hybridized carbons (Fsp3) is 0.278. The standard InChI is InChI=1S/C18H18Cl2N2O5/c1-10(21-27-18(2,3)4)26-15-6-5-7-22(25)16(15)17(24)11-8-12(19)13(20)9-14(11)23/h5-9,23H,1-4H3/b21-10-. The molecular formula is C18H18Cl2N2O5. The second-order valence-corrected chi connectivity index (χ2v) is 7.39. The highest BCUT2D eigenvalue weighted by Crippen LogP contribution is 2.32. The van der Waals surface area contributed by atoms with E-state index in [9.17, 15) is 15.1 Å². The van der Waals surface area contributed by atoms with E-state index >= 15 is 0 Å². The fourth-order valence-corrected chi connectivity index (χ4v) is 2.31. The van der Waals surface area contributed by atoms with Crippen LogP contribution in [-0.4, -0.2) is 22.4 Å². The summed E-state index contributed by atoms with van der Waals surface area (Å²) in [7, 11) is 0. The van der Waals surface area contributed by atoms with Gasteiger partial charge in [-0.15, -0.1) is 0 Å². The predicted octanol–water partition coefficient (Wildman–Crippen LogP) is 4.09. The number of aromatic nitrogens is 1. The summed E-state index contributed by atoms with van der Waals surface area (Å²) < 4.78 is 5.83. The lowest BCUT2D eigenvalue weighted by Crippen LogP contribution is -2.35. The van der Waals surface area contributed by atoms with Crippen molar-refractivity contribution in [1.29, 1.82) is 0 Å².